The molecule has 1 aliphatic heterocycles. The molecule has 3 atom stereocenters. The number of anilines is 1. The number of amides is 1. The van der Waals surface area contributed by atoms with Crippen LogP contribution in [-0.2, 0) is 4.74 Å². The molecule has 0 spiro atoms. The van der Waals surface area contributed by atoms with Gasteiger partial charge in [-0.2, -0.15) is 0 Å². The third kappa shape index (κ3) is 4.78. The molecule has 37 heavy (non-hydrogen) atoms. The van der Waals surface area contributed by atoms with Crippen molar-refractivity contribution in [3.8, 4) is 5.75 Å². The molecule has 2 heterocycles. The Morgan fingerprint density at radius 3 is 2.51 bits per heavy atom. The Balaban J connectivity index is 1.46. The van der Waals surface area contributed by atoms with Crippen molar-refractivity contribution in [3.05, 3.63) is 34.1 Å². The van der Waals surface area contributed by atoms with E-state index in [0.29, 0.717) is 30.8 Å². The van der Waals surface area contributed by atoms with Gasteiger partial charge in [0.25, 0.3) is 0 Å². The van der Waals surface area contributed by atoms with Gasteiger partial charge >= 0.3 is 12.1 Å². The summed E-state index contributed by atoms with van der Waals surface area (Å²) in [6, 6.07) is 2.89. The number of carboxylic acid groups (broad SMARTS) is 1. The van der Waals surface area contributed by atoms with E-state index >= 15 is 0 Å². The lowest BCUT2D eigenvalue weighted by atomic mass is 9.96. The molecule has 11 heteroatoms. The molecule has 3 aliphatic rings. The first-order valence-corrected chi connectivity index (χ1v) is 12.6. The molecule has 5 rings (SSSR count). The largest absolute Gasteiger partial charge is 0.492 e. The van der Waals surface area contributed by atoms with Gasteiger partial charge in [0.2, 0.25) is 5.43 Å². The maximum absolute atomic E-state index is 13.7. The number of carbonyl (C=O) groups excluding carboxylic acids is 1. The second-order valence-electron chi connectivity index (χ2n) is 11.3. The molecular formula is C26H33FN4O6. The van der Waals surface area contributed by atoms with Crippen LogP contribution in [0.25, 0.3) is 10.9 Å². The summed E-state index contributed by atoms with van der Waals surface area (Å²) in [6.07, 6.45) is 2.66. The van der Waals surface area contributed by atoms with Crippen LogP contribution >= 0.6 is 0 Å². The summed E-state index contributed by atoms with van der Waals surface area (Å²) < 4.78 is 26.4. The molecule has 0 bridgehead atoms. The number of carboxylic acids is 1. The minimum absolute atomic E-state index is 0.171. The zero-order valence-electron chi connectivity index (χ0n) is 21.5. The van der Waals surface area contributed by atoms with Gasteiger partial charge in [-0.25, -0.2) is 14.0 Å². The molecule has 0 unspecified atom stereocenters. The maximum atomic E-state index is 13.7. The van der Waals surface area contributed by atoms with Crippen molar-refractivity contribution < 1.29 is 28.6 Å². The van der Waals surface area contributed by atoms with E-state index in [4.69, 9.17) is 9.47 Å². The number of benzene rings is 1. The average molecular weight is 517 g/mol. The fourth-order valence-corrected chi connectivity index (χ4v) is 5.27. The van der Waals surface area contributed by atoms with Crippen molar-refractivity contribution in [1.82, 2.24) is 9.99 Å². The Kier molecular flexibility index (Phi) is 5.99. The quantitative estimate of drug-likeness (QED) is 0.513. The highest BCUT2D eigenvalue weighted by Crippen LogP contribution is 2.48. The predicted molar refractivity (Wildman–Crippen MR) is 136 cm³/mol. The number of nitrogens with one attached hydrogen (secondary N) is 2. The van der Waals surface area contributed by atoms with Gasteiger partial charge in [0.05, 0.1) is 24.2 Å². The van der Waals surface area contributed by atoms with Gasteiger partial charge < -0.3 is 30.2 Å². The van der Waals surface area contributed by atoms with E-state index in [-0.39, 0.29) is 16.8 Å². The second-order valence-corrected chi connectivity index (χ2v) is 11.3. The minimum atomic E-state index is -1.35. The van der Waals surface area contributed by atoms with Gasteiger partial charge in [0.1, 0.15) is 22.9 Å². The Hall–Kier alpha value is -3.50. The van der Waals surface area contributed by atoms with E-state index in [1.807, 2.05) is 20.8 Å². The van der Waals surface area contributed by atoms with Gasteiger partial charge in [-0.3, -0.25) is 9.47 Å². The lowest BCUT2D eigenvalue weighted by molar-refractivity contribution is 0.0477. The lowest BCUT2D eigenvalue weighted by Gasteiger charge is -2.28. The summed E-state index contributed by atoms with van der Waals surface area (Å²) in [5, 5.41) is 12.8. The number of nitrogens with zero attached hydrogens (tertiary/aromatic N) is 2. The van der Waals surface area contributed by atoms with Crippen LogP contribution in [0.4, 0.5) is 14.9 Å². The molecule has 3 fully saturated rings. The third-order valence-corrected chi connectivity index (χ3v) is 7.40. The van der Waals surface area contributed by atoms with E-state index in [1.165, 1.54) is 18.0 Å². The topological polar surface area (TPSA) is 122 Å². The second kappa shape index (κ2) is 8.81. The standard InChI is InChI=1S/C26H33FN4O6/c1-25(2,3)37-24(35)28-26(8-9-26)14-7-10-30(12-14)19-6-5-15-20(22(19)36-4)31(29-18-11-17(18)27)13-16(21(15)32)23(33)34/h5-6,13-14,17-18,29H,7-12H2,1-4H3,(H,28,35)(H,33,34)/t14-,17+,18-/m1/s1. The summed E-state index contributed by atoms with van der Waals surface area (Å²) in [5.74, 6) is -0.748. The van der Waals surface area contributed by atoms with E-state index in [9.17, 15) is 23.9 Å². The molecule has 2 saturated carbocycles. The van der Waals surface area contributed by atoms with Gasteiger partial charge in [-0.1, -0.05) is 0 Å². The Bertz CT molecular complexity index is 1310. The van der Waals surface area contributed by atoms with Gasteiger partial charge in [-0.15, -0.1) is 0 Å². The van der Waals surface area contributed by atoms with Gasteiger partial charge in [0.15, 0.2) is 5.75 Å². The minimum Gasteiger partial charge on any atom is -0.492 e. The summed E-state index contributed by atoms with van der Waals surface area (Å²) in [4.78, 5) is 39.3. The van der Waals surface area contributed by atoms with Crippen LogP contribution in [0.2, 0.25) is 0 Å². The molecule has 1 saturated heterocycles. The van der Waals surface area contributed by atoms with Crippen molar-refractivity contribution in [2.45, 2.75) is 69.8 Å². The van der Waals surface area contributed by atoms with Crippen LogP contribution in [0.5, 0.6) is 5.75 Å². The van der Waals surface area contributed by atoms with Crippen molar-refractivity contribution >= 4 is 28.7 Å². The van der Waals surface area contributed by atoms with Crippen LogP contribution in [0, 0.1) is 5.92 Å². The monoisotopic (exact) mass is 516 g/mol. The van der Waals surface area contributed by atoms with E-state index < -0.39 is 40.9 Å². The number of pyridine rings is 1. The average Bonchev–Trinajstić information content (AvgIpc) is 3.68. The smallest absolute Gasteiger partial charge is 0.408 e. The number of aromatic carboxylic acids is 1. The molecule has 2 aromatic rings. The van der Waals surface area contributed by atoms with E-state index in [1.54, 1.807) is 12.1 Å². The number of carbonyl (C=O) groups is 2. The summed E-state index contributed by atoms with van der Waals surface area (Å²) in [6.45, 7) is 6.88. The number of rotatable bonds is 7. The van der Waals surface area contributed by atoms with Crippen molar-refractivity contribution in [3.63, 3.8) is 0 Å². The zero-order chi connectivity index (χ0) is 26.7. The molecular weight excluding hydrogens is 483 g/mol. The normalized spacial score (nSPS) is 24.0. The number of fused-ring (bicyclic) bond motifs is 1. The summed E-state index contributed by atoms with van der Waals surface area (Å²) >= 11 is 0. The van der Waals surface area contributed by atoms with Crippen LogP contribution < -0.4 is 25.8 Å². The van der Waals surface area contributed by atoms with Crippen LogP contribution in [0.1, 0.15) is 56.8 Å². The highest BCUT2D eigenvalue weighted by atomic mass is 19.1. The highest BCUT2D eigenvalue weighted by Gasteiger charge is 2.53. The van der Waals surface area contributed by atoms with Crippen LogP contribution in [-0.4, -0.2) is 65.4 Å². The Morgan fingerprint density at radius 1 is 1.24 bits per heavy atom. The number of hydrogen-bond donors (Lipinski definition) is 3. The lowest BCUT2D eigenvalue weighted by Crippen LogP contribution is -2.45. The van der Waals surface area contributed by atoms with Gasteiger partial charge in [-0.05, 0) is 52.2 Å². The number of halogens is 1. The fourth-order valence-electron chi connectivity index (χ4n) is 5.27. The summed E-state index contributed by atoms with van der Waals surface area (Å²) in [5.41, 5.74) is 2.19. The number of alkyl halides is 1. The first-order valence-electron chi connectivity index (χ1n) is 12.6. The maximum Gasteiger partial charge on any atom is 0.408 e. The van der Waals surface area contributed by atoms with E-state index in [2.05, 4.69) is 15.6 Å². The summed E-state index contributed by atoms with van der Waals surface area (Å²) in [7, 11) is 1.49. The van der Waals surface area contributed by atoms with Crippen LogP contribution in [0.15, 0.2) is 23.1 Å². The van der Waals surface area contributed by atoms with E-state index in [0.717, 1.165) is 24.9 Å². The third-order valence-electron chi connectivity index (χ3n) is 7.40. The Morgan fingerprint density at radius 2 is 1.95 bits per heavy atom. The highest BCUT2D eigenvalue weighted by molar-refractivity contribution is 5.97. The van der Waals surface area contributed by atoms with Crippen molar-refractivity contribution in [2.24, 2.45) is 5.92 Å². The van der Waals surface area contributed by atoms with Crippen molar-refractivity contribution in [1.29, 1.82) is 0 Å². The number of alkyl carbamates (subject to hydrolysis) is 1. The molecule has 1 amide bonds. The first-order chi connectivity index (χ1) is 17.4. The number of hydrogen-bond acceptors (Lipinski definition) is 7. The molecule has 200 valence electrons. The predicted octanol–water partition coefficient (Wildman–Crippen LogP) is 3.25. The molecule has 10 nitrogen and oxygen atoms in total. The number of methoxy groups -OCH3 is 1. The van der Waals surface area contributed by atoms with Crippen LogP contribution in [0.3, 0.4) is 0 Å². The Labute approximate surface area is 213 Å². The molecule has 0 radical (unpaired) electrons. The number of aromatic nitrogens is 1. The fraction of sp³-hybridized carbons (Fsp3) is 0.577. The van der Waals surface area contributed by atoms with Gasteiger partial charge in [0, 0.05) is 37.2 Å². The zero-order valence-corrected chi connectivity index (χ0v) is 21.5. The SMILES string of the molecule is COc1c(N2CC[C@@H](C3(NC(=O)OC(C)(C)C)CC3)C2)ccc2c(=O)c(C(=O)O)cn(N[C@@H]3C[C@@H]3F)c12. The first kappa shape index (κ1) is 25.2. The number of ether oxygens (including phenoxy) is 2. The molecule has 3 N–H and O–H groups in total. The van der Waals surface area contributed by atoms with Crippen molar-refractivity contribution in [2.75, 3.05) is 30.5 Å². The molecule has 1 aromatic heterocycles. The molecule has 1 aromatic carbocycles. The molecule has 2 aliphatic carbocycles.